The lowest BCUT2D eigenvalue weighted by Gasteiger charge is -2.27. The van der Waals surface area contributed by atoms with E-state index in [0.717, 1.165) is 48.2 Å². The Morgan fingerprint density at radius 2 is 1.69 bits per heavy atom. The molecule has 42 heavy (non-hydrogen) atoms. The lowest BCUT2D eigenvalue weighted by molar-refractivity contribution is -0.139. The summed E-state index contributed by atoms with van der Waals surface area (Å²) in [5, 5.41) is 14.8. The molecule has 0 unspecified atom stereocenters. The Hall–Kier alpha value is -4.24. The Kier molecular flexibility index (Phi) is 8.19. The molecule has 2 fully saturated rings. The van der Waals surface area contributed by atoms with E-state index in [1.54, 1.807) is 11.8 Å². The number of amides is 2. The van der Waals surface area contributed by atoms with Crippen molar-refractivity contribution in [1.82, 2.24) is 30.5 Å². The number of methoxy groups -OCH3 is 1. The molecular weight excluding hydrogens is 528 g/mol. The highest BCUT2D eigenvalue weighted by Crippen LogP contribution is 2.30. The first-order valence-corrected chi connectivity index (χ1v) is 14.7. The van der Waals surface area contributed by atoms with Crippen LogP contribution in [0.1, 0.15) is 29.5 Å². The standard InChI is InChI=1S/C33H38N6O3/c1-38-30-13-10-24(16-28(30)36-37-38)19-35-32(40)31-18-26(15-23-8-11-27(42-2)12-9-23)21-39(31)33(41)29-17-25(20-34-29)14-22-6-4-3-5-7-22/h3-13,16,25-26,29,31,34H,14-15,17-21H2,1-2H3,(H,35,40)/t25-,26-,29-,31+/m1/s1. The molecule has 0 saturated carbocycles. The van der Waals surface area contributed by atoms with Crippen molar-refractivity contribution in [3.8, 4) is 5.75 Å². The summed E-state index contributed by atoms with van der Waals surface area (Å²) >= 11 is 0. The zero-order valence-electron chi connectivity index (χ0n) is 24.2. The molecule has 6 rings (SSSR count). The summed E-state index contributed by atoms with van der Waals surface area (Å²) in [6, 6.07) is 23.6. The third-order valence-electron chi connectivity index (χ3n) is 8.69. The van der Waals surface area contributed by atoms with Crippen molar-refractivity contribution in [3.05, 3.63) is 89.5 Å². The minimum Gasteiger partial charge on any atom is -0.497 e. The predicted molar refractivity (Wildman–Crippen MR) is 161 cm³/mol. The summed E-state index contributed by atoms with van der Waals surface area (Å²) in [5.74, 6) is 1.32. The molecule has 4 aromatic rings. The molecule has 2 aliphatic rings. The maximum absolute atomic E-state index is 13.9. The summed E-state index contributed by atoms with van der Waals surface area (Å²) in [7, 11) is 3.51. The number of aromatic nitrogens is 3. The van der Waals surface area contributed by atoms with Crippen molar-refractivity contribution in [2.75, 3.05) is 20.2 Å². The fourth-order valence-electron chi connectivity index (χ4n) is 6.46. The Morgan fingerprint density at radius 3 is 2.48 bits per heavy atom. The Bertz CT molecular complexity index is 1540. The molecule has 0 aliphatic carbocycles. The van der Waals surface area contributed by atoms with E-state index in [0.29, 0.717) is 25.4 Å². The molecule has 0 spiro atoms. The highest BCUT2D eigenvalue weighted by atomic mass is 16.5. The third-order valence-corrected chi connectivity index (χ3v) is 8.69. The quantitative estimate of drug-likeness (QED) is 0.323. The van der Waals surface area contributed by atoms with Gasteiger partial charge in [0.15, 0.2) is 0 Å². The molecule has 0 radical (unpaired) electrons. The molecule has 2 saturated heterocycles. The maximum atomic E-state index is 13.9. The summed E-state index contributed by atoms with van der Waals surface area (Å²) < 4.78 is 7.03. The van der Waals surface area contributed by atoms with Crippen LogP contribution in [-0.2, 0) is 36.0 Å². The second-order valence-electron chi connectivity index (χ2n) is 11.7. The zero-order chi connectivity index (χ0) is 29.1. The van der Waals surface area contributed by atoms with Gasteiger partial charge in [-0.15, -0.1) is 5.10 Å². The van der Waals surface area contributed by atoms with Crippen LogP contribution < -0.4 is 15.4 Å². The monoisotopic (exact) mass is 566 g/mol. The molecule has 4 atom stereocenters. The van der Waals surface area contributed by atoms with Gasteiger partial charge in [-0.2, -0.15) is 0 Å². The van der Waals surface area contributed by atoms with Gasteiger partial charge >= 0.3 is 0 Å². The molecule has 9 nitrogen and oxygen atoms in total. The second-order valence-corrected chi connectivity index (χ2v) is 11.7. The average molecular weight is 567 g/mol. The average Bonchev–Trinajstić information content (AvgIpc) is 3.75. The van der Waals surface area contributed by atoms with Crippen molar-refractivity contribution in [2.24, 2.45) is 18.9 Å². The predicted octanol–water partition coefficient (Wildman–Crippen LogP) is 3.27. The van der Waals surface area contributed by atoms with E-state index in [-0.39, 0.29) is 23.8 Å². The van der Waals surface area contributed by atoms with Crippen LogP contribution in [-0.4, -0.2) is 64.0 Å². The van der Waals surface area contributed by atoms with E-state index in [9.17, 15) is 9.59 Å². The third kappa shape index (κ3) is 6.16. The molecule has 2 N–H and O–H groups in total. The first-order valence-electron chi connectivity index (χ1n) is 14.7. The van der Waals surface area contributed by atoms with Crippen LogP contribution in [0.3, 0.4) is 0 Å². The summed E-state index contributed by atoms with van der Waals surface area (Å²) in [4.78, 5) is 29.4. The van der Waals surface area contributed by atoms with E-state index < -0.39 is 6.04 Å². The van der Waals surface area contributed by atoms with Crippen molar-refractivity contribution in [1.29, 1.82) is 0 Å². The minimum absolute atomic E-state index is 0.0314. The summed E-state index contributed by atoms with van der Waals surface area (Å²) in [5.41, 5.74) is 5.14. The largest absolute Gasteiger partial charge is 0.497 e. The number of nitrogens with one attached hydrogen (secondary N) is 2. The highest BCUT2D eigenvalue weighted by Gasteiger charge is 2.43. The van der Waals surface area contributed by atoms with Gasteiger partial charge in [0, 0.05) is 20.1 Å². The van der Waals surface area contributed by atoms with E-state index in [2.05, 4.69) is 57.3 Å². The van der Waals surface area contributed by atoms with Gasteiger partial charge in [0.1, 0.15) is 17.3 Å². The number of hydrogen-bond donors (Lipinski definition) is 2. The van der Waals surface area contributed by atoms with Crippen LogP contribution in [0.15, 0.2) is 72.8 Å². The van der Waals surface area contributed by atoms with Gasteiger partial charge in [0.05, 0.1) is 18.7 Å². The Morgan fingerprint density at radius 1 is 0.952 bits per heavy atom. The first-order chi connectivity index (χ1) is 20.5. The second kappa shape index (κ2) is 12.3. The number of ether oxygens (including phenoxy) is 1. The molecule has 3 heterocycles. The van der Waals surface area contributed by atoms with E-state index in [1.807, 2.05) is 48.3 Å². The van der Waals surface area contributed by atoms with Gasteiger partial charge in [-0.05, 0) is 85.0 Å². The van der Waals surface area contributed by atoms with Gasteiger partial charge in [-0.25, -0.2) is 4.68 Å². The Labute approximate surface area is 246 Å². The molecule has 2 aliphatic heterocycles. The molecule has 0 bridgehead atoms. The van der Waals surface area contributed by atoms with Crippen LogP contribution in [0.4, 0.5) is 0 Å². The van der Waals surface area contributed by atoms with Gasteiger partial charge in [0.2, 0.25) is 11.8 Å². The topological polar surface area (TPSA) is 101 Å². The van der Waals surface area contributed by atoms with Gasteiger partial charge in [-0.1, -0.05) is 53.7 Å². The molecule has 1 aromatic heterocycles. The number of carbonyl (C=O) groups excluding carboxylic acids is 2. The van der Waals surface area contributed by atoms with E-state index >= 15 is 0 Å². The number of rotatable bonds is 9. The van der Waals surface area contributed by atoms with Gasteiger partial charge < -0.3 is 20.3 Å². The SMILES string of the molecule is COc1ccc(C[C@@H]2C[C@@H](C(=O)NCc3ccc4c(c3)nnn4C)N(C(=O)[C@H]3C[C@@H](Cc4ccccc4)CN3)C2)cc1. The molecule has 2 amide bonds. The lowest BCUT2D eigenvalue weighted by atomic mass is 9.96. The number of benzene rings is 3. The molecular formula is C33H38N6O3. The van der Waals surface area contributed by atoms with E-state index in [4.69, 9.17) is 4.74 Å². The number of aryl methyl sites for hydroxylation is 1. The van der Waals surface area contributed by atoms with Crippen molar-refractivity contribution in [3.63, 3.8) is 0 Å². The maximum Gasteiger partial charge on any atom is 0.243 e. The van der Waals surface area contributed by atoms with Crippen LogP contribution in [0, 0.1) is 11.8 Å². The number of fused-ring (bicyclic) bond motifs is 1. The van der Waals surface area contributed by atoms with Crippen LogP contribution in [0.5, 0.6) is 5.75 Å². The smallest absolute Gasteiger partial charge is 0.243 e. The van der Waals surface area contributed by atoms with E-state index in [1.165, 1.54) is 11.1 Å². The molecule has 3 aromatic carbocycles. The van der Waals surface area contributed by atoms with Crippen molar-refractivity contribution >= 4 is 22.8 Å². The summed E-state index contributed by atoms with van der Waals surface area (Å²) in [6.45, 7) is 1.74. The lowest BCUT2D eigenvalue weighted by Crippen LogP contribution is -2.51. The molecule has 218 valence electrons. The summed E-state index contributed by atoms with van der Waals surface area (Å²) in [6.07, 6.45) is 3.15. The number of carbonyl (C=O) groups is 2. The van der Waals surface area contributed by atoms with Crippen LogP contribution >= 0.6 is 0 Å². The fourth-order valence-corrected chi connectivity index (χ4v) is 6.46. The van der Waals surface area contributed by atoms with Crippen molar-refractivity contribution < 1.29 is 14.3 Å². The van der Waals surface area contributed by atoms with Gasteiger partial charge in [0.25, 0.3) is 0 Å². The van der Waals surface area contributed by atoms with Crippen LogP contribution in [0.2, 0.25) is 0 Å². The highest BCUT2D eigenvalue weighted by molar-refractivity contribution is 5.90. The normalized spacial score (nSPS) is 22.0. The Balaban J connectivity index is 1.14. The van der Waals surface area contributed by atoms with Crippen molar-refractivity contribution in [2.45, 2.75) is 44.3 Å². The number of likely N-dealkylation sites (tertiary alicyclic amines) is 1. The first kappa shape index (κ1) is 27.9. The number of hydrogen-bond acceptors (Lipinski definition) is 6. The fraction of sp³-hybridized carbons (Fsp3) is 0.394. The zero-order valence-corrected chi connectivity index (χ0v) is 24.2. The minimum atomic E-state index is -0.504. The van der Waals surface area contributed by atoms with Gasteiger partial charge in [-0.3, -0.25) is 9.59 Å². The molecule has 9 heteroatoms. The number of nitrogens with zero attached hydrogens (tertiary/aromatic N) is 4. The van der Waals surface area contributed by atoms with Crippen LogP contribution in [0.25, 0.3) is 11.0 Å².